The summed E-state index contributed by atoms with van der Waals surface area (Å²) in [4.78, 5) is 33.7. The molecule has 0 saturated carbocycles. The Hall–Kier alpha value is -4.65. The molecule has 2 unspecified atom stereocenters. The number of alkyl halides is 1. The van der Waals surface area contributed by atoms with Gasteiger partial charge in [0, 0.05) is 54.6 Å². The van der Waals surface area contributed by atoms with Crippen molar-refractivity contribution >= 4 is 60.8 Å². The monoisotopic (exact) mass is 775 g/mol. The van der Waals surface area contributed by atoms with Crippen LogP contribution in [0.15, 0.2) is 24.5 Å². The molecular formula is C38H37ClF3N9O2S. The van der Waals surface area contributed by atoms with Crippen LogP contribution in [-0.2, 0) is 0 Å². The number of ether oxygens (including phenoxy) is 1. The third-order valence-corrected chi connectivity index (χ3v) is 13.4. The lowest BCUT2D eigenvalue weighted by molar-refractivity contribution is 0.107. The summed E-state index contributed by atoms with van der Waals surface area (Å²) in [6.45, 7) is 6.52. The minimum atomic E-state index is -0.963. The standard InChI is InChI=1S/C38H37ClF3N9O2S/c1-19-20(2)51(18-45-19)37(52)48-14-21-5-3-10-50(28(21)16-48)35-24-11-26(39)30(23-6-7-27(41)33-29(23)25(13-43)34(44)54-33)31(42)32(24)46-36(47-35)53-17-38-8-4-9-49(38)15-22(40)12-38/h6-7,11,18,21-22,28H,3-5,8-10,12,14-17,44H2,1-2H3/t21?,22-,28?,38+/m1/s1. The molecule has 280 valence electrons. The van der Waals surface area contributed by atoms with Gasteiger partial charge < -0.3 is 20.3 Å². The quantitative estimate of drug-likeness (QED) is 0.197. The summed E-state index contributed by atoms with van der Waals surface area (Å²) in [6.07, 6.45) is 4.32. The van der Waals surface area contributed by atoms with Crippen LogP contribution < -0.4 is 15.4 Å². The van der Waals surface area contributed by atoms with E-state index in [1.807, 2.05) is 24.8 Å². The molecule has 3 aromatic heterocycles. The third kappa shape index (κ3) is 5.39. The molecule has 54 heavy (non-hydrogen) atoms. The van der Waals surface area contributed by atoms with Gasteiger partial charge in [-0.2, -0.15) is 15.2 Å². The first-order valence-corrected chi connectivity index (χ1v) is 19.4. The second-order valence-electron chi connectivity index (χ2n) is 15.0. The first-order valence-electron chi connectivity index (χ1n) is 18.2. The van der Waals surface area contributed by atoms with Crippen LogP contribution in [0, 0.1) is 42.7 Å². The lowest BCUT2D eigenvalue weighted by Crippen LogP contribution is -2.46. The molecule has 4 saturated heterocycles. The van der Waals surface area contributed by atoms with Crippen LogP contribution >= 0.6 is 22.9 Å². The summed E-state index contributed by atoms with van der Waals surface area (Å²) in [5, 5.41) is 10.6. The van der Waals surface area contributed by atoms with E-state index in [1.165, 1.54) is 12.1 Å². The summed E-state index contributed by atoms with van der Waals surface area (Å²) < 4.78 is 55.1. The zero-order valence-electron chi connectivity index (χ0n) is 29.7. The number of carbonyl (C=O) groups is 1. The van der Waals surface area contributed by atoms with Crippen molar-refractivity contribution in [3.63, 3.8) is 0 Å². The maximum absolute atomic E-state index is 17.3. The van der Waals surface area contributed by atoms with Gasteiger partial charge in [-0.1, -0.05) is 17.7 Å². The largest absolute Gasteiger partial charge is 0.461 e. The van der Waals surface area contributed by atoms with Crippen LogP contribution in [0.25, 0.3) is 32.1 Å². The number of carbonyl (C=O) groups excluding carboxylic acids is 1. The topological polar surface area (TPSA) is 129 Å². The number of thiophene rings is 1. The molecule has 2 N–H and O–H groups in total. The number of aryl methyl sites for hydroxylation is 1. The number of piperidine rings is 1. The zero-order chi connectivity index (χ0) is 37.6. The number of rotatable bonds is 5. The van der Waals surface area contributed by atoms with Crippen LogP contribution in [0.2, 0.25) is 5.02 Å². The fourth-order valence-corrected chi connectivity index (χ4v) is 10.5. The Kier molecular flexibility index (Phi) is 8.44. The number of likely N-dealkylation sites (tertiary alicyclic amines) is 1. The van der Waals surface area contributed by atoms with E-state index >= 15 is 8.78 Å². The number of nitrogens with two attached hydrogens (primary N) is 1. The molecular weight excluding hydrogens is 739 g/mol. The predicted octanol–water partition coefficient (Wildman–Crippen LogP) is 7.23. The minimum absolute atomic E-state index is 0.0169. The fraction of sp³-hybridized carbons (Fsp3) is 0.447. The molecule has 2 aromatic carbocycles. The van der Waals surface area contributed by atoms with Crippen LogP contribution in [-0.4, -0.2) is 92.4 Å². The molecule has 4 aliphatic rings. The van der Waals surface area contributed by atoms with Gasteiger partial charge in [-0.15, -0.1) is 11.3 Å². The van der Waals surface area contributed by atoms with Gasteiger partial charge in [-0.3, -0.25) is 9.47 Å². The van der Waals surface area contributed by atoms with Gasteiger partial charge in [-0.25, -0.2) is 22.9 Å². The highest BCUT2D eigenvalue weighted by Gasteiger charge is 2.49. The number of benzene rings is 2. The van der Waals surface area contributed by atoms with Crippen molar-refractivity contribution in [2.75, 3.05) is 50.0 Å². The van der Waals surface area contributed by atoms with Gasteiger partial charge in [0.1, 0.15) is 47.3 Å². The summed E-state index contributed by atoms with van der Waals surface area (Å²) in [6, 6.07) is 5.88. The molecule has 16 heteroatoms. The maximum atomic E-state index is 17.3. The van der Waals surface area contributed by atoms with Crippen LogP contribution in [0.4, 0.5) is 28.8 Å². The van der Waals surface area contributed by atoms with Crippen molar-refractivity contribution in [2.45, 2.75) is 63.7 Å². The number of imidazole rings is 1. The van der Waals surface area contributed by atoms with Crippen molar-refractivity contribution in [2.24, 2.45) is 5.92 Å². The second-order valence-corrected chi connectivity index (χ2v) is 16.5. The molecule has 0 spiro atoms. The zero-order valence-corrected chi connectivity index (χ0v) is 31.3. The number of aromatic nitrogens is 4. The molecule has 4 fully saturated rings. The van der Waals surface area contributed by atoms with Crippen LogP contribution in [0.5, 0.6) is 6.01 Å². The van der Waals surface area contributed by atoms with E-state index < -0.39 is 23.3 Å². The highest BCUT2D eigenvalue weighted by atomic mass is 35.5. The van der Waals surface area contributed by atoms with E-state index in [1.54, 1.807) is 17.0 Å². The Morgan fingerprint density at radius 2 is 2.02 bits per heavy atom. The number of amides is 1. The normalized spacial score (nSPS) is 24.1. The second kappa shape index (κ2) is 13.0. The first kappa shape index (κ1) is 35.1. The lowest BCUT2D eigenvalue weighted by Gasteiger charge is -2.38. The number of hydrogen-bond donors (Lipinski definition) is 1. The smallest absolute Gasteiger partial charge is 0.329 e. The van der Waals surface area contributed by atoms with Crippen LogP contribution in [0.1, 0.15) is 49.1 Å². The van der Waals surface area contributed by atoms with E-state index in [4.69, 9.17) is 27.1 Å². The van der Waals surface area contributed by atoms with E-state index in [0.29, 0.717) is 43.8 Å². The van der Waals surface area contributed by atoms with Gasteiger partial charge in [0.25, 0.3) is 0 Å². The molecule has 4 atom stereocenters. The van der Waals surface area contributed by atoms with Gasteiger partial charge in [0.2, 0.25) is 0 Å². The molecule has 0 bridgehead atoms. The van der Waals surface area contributed by atoms with Gasteiger partial charge in [0.15, 0.2) is 5.82 Å². The number of nitrogens with zero attached hydrogens (tertiary/aromatic N) is 8. The van der Waals surface area contributed by atoms with E-state index in [2.05, 4.69) is 19.8 Å². The first-order chi connectivity index (χ1) is 26.0. The lowest BCUT2D eigenvalue weighted by atomic mass is 9.91. The van der Waals surface area contributed by atoms with Crippen molar-refractivity contribution in [1.82, 2.24) is 29.3 Å². The fourth-order valence-electron chi connectivity index (χ4n) is 9.29. The summed E-state index contributed by atoms with van der Waals surface area (Å²) in [5.74, 6) is -0.846. The van der Waals surface area contributed by atoms with Gasteiger partial charge >= 0.3 is 12.0 Å². The Morgan fingerprint density at radius 1 is 1.19 bits per heavy atom. The number of fused-ring (bicyclic) bond motifs is 4. The molecule has 11 nitrogen and oxygen atoms in total. The summed E-state index contributed by atoms with van der Waals surface area (Å²) >= 11 is 7.88. The molecule has 9 rings (SSSR count). The Bertz CT molecular complexity index is 2420. The van der Waals surface area contributed by atoms with Gasteiger partial charge in [-0.05, 0) is 69.7 Å². The van der Waals surface area contributed by atoms with Crippen LogP contribution in [0.3, 0.4) is 0 Å². The Balaban J connectivity index is 1.17. The molecule has 0 radical (unpaired) electrons. The van der Waals surface area contributed by atoms with Crippen molar-refractivity contribution in [3.8, 4) is 23.2 Å². The molecule has 1 amide bonds. The molecule has 5 aromatic rings. The number of hydrogen-bond acceptors (Lipinski definition) is 10. The summed E-state index contributed by atoms with van der Waals surface area (Å²) in [5.41, 5.74) is 7.30. The van der Waals surface area contributed by atoms with E-state index in [0.717, 1.165) is 55.0 Å². The minimum Gasteiger partial charge on any atom is -0.461 e. The number of halogens is 4. The Labute approximate surface area is 318 Å². The average molecular weight is 776 g/mol. The SMILES string of the molecule is Cc1ncn(C(=O)N2CC3CCCN(c4nc(OC[C@@]56CCCN5C[C@H](F)C6)nc5c(F)c(-c6ccc(F)c7sc(N)c(C#N)c67)c(Cl)cc45)C3C2)c1C. The van der Waals surface area contributed by atoms with E-state index in [9.17, 15) is 14.4 Å². The van der Waals surface area contributed by atoms with Crippen molar-refractivity contribution < 1.29 is 22.7 Å². The van der Waals surface area contributed by atoms with Crippen molar-refractivity contribution in [1.29, 1.82) is 5.26 Å². The van der Waals surface area contributed by atoms with E-state index in [-0.39, 0.29) is 72.9 Å². The molecule has 4 aliphatic heterocycles. The maximum Gasteiger partial charge on any atom is 0.329 e. The molecule has 7 heterocycles. The van der Waals surface area contributed by atoms with Crippen molar-refractivity contribution in [3.05, 3.63) is 58.1 Å². The average Bonchev–Trinajstić information content (AvgIpc) is 3.96. The number of nitriles is 1. The predicted molar refractivity (Wildman–Crippen MR) is 201 cm³/mol. The number of nitrogen functional groups attached to an aromatic ring is 1. The third-order valence-electron chi connectivity index (χ3n) is 12.1. The summed E-state index contributed by atoms with van der Waals surface area (Å²) in [7, 11) is 0. The molecule has 0 aliphatic carbocycles. The van der Waals surface area contributed by atoms with Gasteiger partial charge in [0.05, 0.1) is 32.6 Å². The highest BCUT2D eigenvalue weighted by Crippen LogP contribution is 2.47. The highest BCUT2D eigenvalue weighted by molar-refractivity contribution is 7.23. The Morgan fingerprint density at radius 3 is 2.80 bits per heavy atom. The number of anilines is 2.